The van der Waals surface area contributed by atoms with E-state index < -0.39 is 0 Å². The van der Waals surface area contributed by atoms with Crippen LogP contribution in [0.15, 0.2) is 78.9 Å². The van der Waals surface area contributed by atoms with Gasteiger partial charge in [-0.25, -0.2) is 0 Å². The largest absolute Gasteiger partial charge is 0.492 e. The van der Waals surface area contributed by atoms with Gasteiger partial charge in [0, 0.05) is 13.1 Å². The second kappa shape index (κ2) is 9.68. The van der Waals surface area contributed by atoms with E-state index in [4.69, 9.17) is 9.47 Å². The van der Waals surface area contributed by atoms with Crippen molar-refractivity contribution in [1.82, 2.24) is 4.90 Å². The molecule has 3 aromatic rings. The highest BCUT2D eigenvalue weighted by molar-refractivity contribution is 5.61. The maximum absolute atomic E-state index is 6.10. The van der Waals surface area contributed by atoms with Crippen LogP contribution in [0.5, 0.6) is 11.5 Å². The minimum atomic E-state index is 0.278. The van der Waals surface area contributed by atoms with Crippen LogP contribution in [0.25, 0.3) is 0 Å². The molecule has 156 valence electrons. The molecule has 3 aromatic carbocycles. The summed E-state index contributed by atoms with van der Waals surface area (Å²) >= 11 is 0. The first-order chi connectivity index (χ1) is 14.7. The molecule has 1 aliphatic heterocycles. The summed E-state index contributed by atoms with van der Waals surface area (Å²) < 4.78 is 11.9. The number of hydrogen-bond acceptors (Lipinski definition) is 4. The van der Waals surface area contributed by atoms with Crippen LogP contribution >= 0.6 is 0 Å². The summed E-state index contributed by atoms with van der Waals surface area (Å²) in [4.78, 5) is 4.60. The van der Waals surface area contributed by atoms with Gasteiger partial charge in [0.2, 0.25) is 0 Å². The number of para-hydroxylation sites is 2. The van der Waals surface area contributed by atoms with Crippen molar-refractivity contribution in [3.8, 4) is 11.5 Å². The van der Waals surface area contributed by atoms with Crippen molar-refractivity contribution < 1.29 is 9.47 Å². The molecule has 1 atom stereocenters. The molecule has 4 heteroatoms. The molecule has 0 bridgehead atoms. The molecule has 0 spiro atoms. The number of benzene rings is 3. The van der Waals surface area contributed by atoms with E-state index in [0.29, 0.717) is 13.2 Å². The van der Waals surface area contributed by atoms with E-state index in [9.17, 15) is 0 Å². The summed E-state index contributed by atoms with van der Waals surface area (Å²) in [6, 6.07) is 27.8. The zero-order valence-corrected chi connectivity index (χ0v) is 17.8. The van der Waals surface area contributed by atoms with Crippen LogP contribution in [0.2, 0.25) is 0 Å². The maximum atomic E-state index is 6.10. The van der Waals surface area contributed by atoms with E-state index >= 15 is 0 Å². The highest BCUT2D eigenvalue weighted by Gasteiger charge is 2.27. The van der Waals surface area contributed by atoms with Crippen LogP contribution in [-0.2, 0) is 13.0 Å². The average molecular weight is 403 g/mol. The van der Waals surface area contributed by atoms with E-state index in [1.807, 2.05) is 6.07 Å². The van der Waals surface area contributed by atoms with Crippen molar-refractivity contribution in [1.29, 1.82) is 0 Å². The van der Waals surface area contributed by atoms with Crippen LogP contribution in [0.3, 0.4) is 0 Å². The lowest BCUT2D eigenvalue weighted by atomic mass is 10.0. The number of rotatable bonds is 8. The summed E-state index contributed by atoms with van der Waals surface area (Å²) in [5.41, 5.74) is 3.77. The molecule has 0 saturated carbocycles. The van der Waals surface area contributed by atoms with Gasteiger partial charge in [-0.3, -0.25) is 0 Å². The van der Waals surface area contributed by atoms with Gasteiger partial charge in [0.15, 0.2) is 0 Å². The molecule has 0 aliphatic carbocycles. The molecule has 1 aliphatic rings. The third-order valence-corrected chi connectivity index (χ3v) is 5.44. The lowest BCUT2D eigenvalue weighted by molar-refractivity contribution is 0.258. The second-order valence-corrected chi connectivity index (χ2v) is 8.05. The highest BCUT2D eigenvalue weighted by atomic mass is 16.5. The molecule has 4 nitrogen and oxygen atoms in total. The summed E-state index contributed by atoms with van der Waals surface area (Å²) in [7, 11) is 4.11. The van der Waals surface area contributed by atoms with Gasteiger partial charge in [-0.2, -0.15) is 0 Å². The Hall–Kier alpha value is -2.98. The Kier molecular flexibility index (Phi) is 6.55. The zero-order chi connectivity index (χ0) is 20.8. The predicted octanol–water partition coefficient (Wildman–Crippen LogP) is 4.64. The normalized spacial score (nSPS) is 15.6. The van der Waals surface area contributed by atoms with Crippen LogP contribution in [0.4, 0.5) is 5.69 Å². The van der Waals surface area contributed by atoms with Crippen molar-refractivity contribution in [2.45, 2.75) is 19.0 Å². The zero-order valence-electron chi connectivity index (χ0n) is 17.8. The van der Waals surface area contributed by atoms with Gasteiger partial charge in [-0.1, -0.05) is 54.6 Å². The lowest BCUT2D eigenvalue weighted by Crippen LogP contribution is -2.44. The van der Waals surface area contributed by atoms with E-state index in [-0.39, 0.29) is 6.04 Å². The van der Waals surface area contributed by atoms with E-state index in [0.717, 1.165) is 31.0 Å². The Morgan fingerprint density at radius 3 is 2.40 bits per heavy atom. The smallest absolute Gasteiger partial charge is 0.142 e. The average Bonchev–Trinajstić information content (AvgIpc) is 2.77. The number of hydrogen-bond donors (Lipinski definition) is 0. The number of likely N-dealkylation sites (N-methyl/N-ethyl adjacent to an activating group) is 1. The van der Waals surface area contributed by atoms with Gasteiger partial charge in [0.05, 0.1) is 11.7 Å². The third kappa shape index (κ3) is 5.14. The first-order valence-corrected chi connectivity index (χ1v) is 10.6. The number of ether oxygens (including phenoxy) is 2. The van der Waals surface area contributed by atoms with Gasteiger partial charge in [0.25, 0.3) is 0 Å². The maximum Gasteiger partial charge on any atom is 0.142 e. The number of nitrogens with zero attached hydrogens (tertiary/aromatic N) is 2. The first-order valence-electron chi connectivity index (χ1n) is 10.6. The molecule has 0 unspecified atom stereocenters. The number of anilines is 1. The molecule has 0 fully saturated rings. The second-order valence-electron chi connectivity index (χ2n) is 8.05. The standard InChI is InChI=1S/C26H30N2O2/c1-27(2)16-17-29-24-14-12-21(13-15-24)18-23-20-30-26-11-7-6-10-25(26)28(23)19-22-8-4-3-5-9-22/h3-15,23H,16-20H2,1-2H3/t23-/m0/s1. The molecule has 0 saturated heterocycles. The minimum Gasteiger partial charge on any atom is -0.492 e. The molecule has 1 heterocycles. The van der Waals surface area contributed by atoms with Crippen LogP contribution in [0, 0.1) is 0 Å². The molecule has 4 rings (SSSR count). The van der Waals surface area contributed by atoms with Crippen molar-refractivity contribution in [2.24, 2.45) is 0 Å². The van der Waals surface area contributed by atoms with E-state index in [1.54, 1.807) is 0 Å². The van der Waals surface area contributed by atoms with Crippen molar-refractivity contribution >= 4 is 5.69 Å². The fourth-order valence-corrected chi connectivity index (χ4v) is 3.79. The van der Waals surface area contributed by atoms with Crippen LogP contribution in [-0.4, -0.2) is 44.8 Å². The summed E-state index contributed by atoms with van der Waals surface area (Å²) in [6.45, 7) is 3.17. The molecule has 0 N–H and O–H groups in total. The van der Waals surface area contributed by atoms with Crippen LogP contribution < -0.4 is 14.4 Å². The quantitative estimate of drug-likeness (QED) is 0.548. The third-order valence-electron chi connectivity index (χ3n) is 5.44. The Morgan fingerprint density at radius 1 is 0.900 bits per heavy atom. The summed E-state index contributed by atoms with van der Waals surface area (Å²) in [6.07, 6.45) is 0.930. The van der Waals surface area contributed by atoms with E-state index in [2.05, 4.69) is 96.7 Å². The monoisotopic (exact) mass is 402 g/mol. The van der Waals surface area contributed by atoms with Gasteiger partial charge < -0.3 is 19.3 Å². The van der Waals surface area contributed by atoms with Crippen molar-refractivity contribution in [3.05, 3.63) is 90.0 Å². The van der Waals surface area contributed by atoms with Crippen molar-refractivity contribution in [3.63, 3.8) is 0 Å². The van der Waals surface area contributed by atoms with Gasteiger partial charge >= 0.3 is 0 Å². The lowest BCUT2D eigenvalue weighted by Gasteiger charge is -2.39. The Balaban J connectivity index is 1.48. The highest BCUT2D eigenvalue weighted by Crippen LogP contribution is 2.35. The predicted molar refractivity (Wildman–Crippen MR) is 123 cm³/mol. The molecule has 0 amide bonds. The Labute approximate surface area is 179 Å². The van der Waals surface area contributed by atoms with Gasteiger partial charge in [0.1, 0.15) is 24.7 Å². The molecule has 0 aromatic heterocycles. The minimum absolute atomic E-state index is 0.278. The molecule has 0 radical (unpaired) electrons. The van der Waals surface area contributed by atoms with Crippen LogP contribution in [0.1, 0.15) is 11.1 Å². The fourth-order valence-electron chi connectivity index (χ4n) is 3.79. The summed E-state index contributed by atoms with van der Waals surface area (Å²) in [5, 5.41) is 0. The fraction of sp³-hybridized carbons (Fsp3) is 0.308. The SMILES string of the molecule is CN(C)CCOc1ccc(C[C@H]2COc3ccccc3N2Cc2ccccc2)cc1. The molecular formula is C26H30N2O2. The van der Waals surface area contributed by atoms with Gasteiger partial charge in [-0.05, 0) is 55.9 Å². The Morgan fingerprint density at radius 2 is 1.63 bits per heavy atom. The topological polar surface area (TPSA) is 24.9 Å². The Bertz CT molecular complexity index is 925. The number of fused-ring (bicyclic) bond motifs is 1. The first kappa shape index (κ1) is 20.3. The molecule has 30 heavy (non-hydrogen) atoms. The molecular weight excluding hydrogens is 372 g/mol. The van der Waals surface area contributed by atoms with E-state index in [1.165, 1.54) is 16.8 Å². The van der Waals surface area contributed by atoms with Gasteiger partial charge in [-0.15, -0.1) is 0 Å². The van der Waals surface area contributed by atoms with Crippen molar-refractivity contribution in [2.75, 3.05) is 38.8 Å². The summed E-state index contributed by atoms with van der Waals surface area (Å²) in [5.74, 6) is 1.89.